The summed E-state index contributed by atoms with van der Waals surface area (Å²) in [5.41, 5.74) is 4.88. The number of hydrogen-bond acceptors (Lipinski definition) is 3. The van der Waals surface area contributed by atoms with Crippen LogP contribution in [0.2, 0.25) is 0 Å². The van der Waals surface area contributed by atoms with Crippen LogP contribution in [0.15, 0.2) is 54.6 Å². The standard InChI is InChI=1S/C23H22FN3O/c1-16-20-11-13-27(22(28)15-17-5-3-2-4-6-17)14-12-21(20)26-23(25-16)18-7-9-19(24)10-8-18/h2-10H,11-15H2,1H3. The first-order valence-corrected chi connectivity index (χ1v) is 9.54. The summed E-state index contributed by atoms with van der Waals surface area (Å²) in [4.78, 5) is 24.0. The van der Waals surface area contributed by atoms with Crippen LogP contribution < -0.4 is 0 Å². The van der Waals surface area contributed by atoms with Crippen molar-refractivity contribution in [2.45, 2.75) is 26.2 Å². The van der Waals surface area contributed by atoms with Crippen LogP contribution in [0.4, 0.5) is 4.39 Å². The molecule has 0 aliphatic carbocycles. The first-order chi connectivity index (χ1) is 13.6. The van der Waals surface area contributed by atoms with Crippen LogP contribution in [0.3, 0.4) is 0 Å². The van der Waals surface area contributed by atoms with E-state index in [9.17, 15) is 9.18 Å². The number of aromatic nitrogens is 2. The van der Waals surface area contributed by atoms with E-state index in [1.54, 1.807) is 12.1 Å². The average molecular weight is 375 g/mol. The Kier molecular flexibility index (Phi) is 5.15. The van der Waals surface area contributed by atoms with Crippen molar-refractivity contribution in [1.82, 2.24) is 14.9 Å². The summed E-state index contributed by atoms with van der Waals surface area (Å²) >= 11 is 0. The molecule has 0 fully saturated rings. The zero-order valence-electron chi connectivity index (χ0n) is 15.9. The first-order valence-electron chi connectivity index (χ1n) is 9.54. The highest BCUT2D eigenvalue weighted by molar-refractivity contribution is 5.79. The molecule has 4 nitrogen and oxygen atoms in total. The lowest BCUT2D eigenvalue weighted by Gasteiger charge is -2.20. The van der Waals surface area contributed by atoms with Crippen molar-refractivity contribution in [3.8, 4) is 11.4 Å². The predicted octanol–water partition coefficient (Wildman–Crippen LogP) is 3.76. The second-order valence-electron chi connectivity index (χ2n) is 7.11. The molecular weight excluding hydrogens is 353 g/mol. The number of nitrogens with zero attached hydrogens (tertiary/aromatic N) is 3. The molecule has 2 heterocycles. The van der Waals surface area contributed by atoms with E-state index in [1.807, 2.05) is 42.2 Å². The molecule has 1 aliphatic rings. The highest BCUT2D eigenvalue weighted by Crippen LogP contribution is 2.23. The van der Waals surface area contributed by atoms with Gasteiger partial charge in [0.1, 0.15) is 5.82 Å². The van der Waals surface area contributed by atoms with Gasteiger partial charge in [0.05, 0.1) is 6.42 Å². The van der Waals surface area contributed by atoms with Gasteiger partial charge in [0.2, 0.25) is 5.91 Å². The Morgan fingerprint density at radius 2 is 1.71 bits per heavy atom. The fourth-order valence-electron chi connectivity index (χ4n) is 3.65. The summed E-state index contributed by atoms with van der Waals surface area (Å²) in [6.45, 7) is 3.31. The molecule has 3 aromatic rings. The van der Waals surface area contributed by atoms with E-state index in [2.05, 4.69) is 4.98 Å². The maximum absolute atomic E-state index is 13.2. The normalized spacial score (nSPS) is 13.7. The molecule has 28 heavy (non-hydrogen) atoms. The molecule has 0 bridgehead atoms. The summed E-state index contributed by atoms with van der Waals surface area (Å²) in [6.07, 6.45) is 1.88. The Labute approximate surface area is 164 Å². The van der Waals surface area contributed by atoms with Gasteiger partial charge in [-0.25, -0.2) is 14.4 Å². The van der Waals surface area contributed by atoms with E-state index >= 15 is 0 Å². The molecule has 1 aliphatic heterocycles. The monoisotopic (exact) mass is 375 g/mol. The van der Waals surface area contributed by atoms with E-state index in [-0.39, 0.29) is 11.7 Å². The molecule has 0 saturated carbocycles. The van der Waals surface area contributed by atoms with Crippen molar-refractivity contribution in [3.63, 3.8) is 0 Å². The van der Waals surface area contributed by atoms with Crippen molar-refractivity contribution in [2.75, 3.05) is 13.1 Å². The van der Waals surface area contributed by atoms with Crippen molar-refractivity contribution in [1.29, 1.82) is 0 Å². The van der Waals surface area contributed by atoms with Gasteiger partial charge >= 0.3 is 0 Å². The van der Waals surface area contributed by atoms with Gasteiger partial charge in [0.15, 0.2) is 5.82 Å². The molecule has 1 aromatic heterocycles. The molecule has 142 valence electrons. The summed E-state index contributed by atoms with van der Waals surface area (Å²) in [6, 6.07) is 16.1. The van der Waals surface area contributed by atoms with Gasteiger partial charge in [0, 0.05) is 36.5 Å². The first kappa shape index (κ1) is 18.3. The van der Waals surface area contributed by atoms with Gasteiger partial charge in [-0.2, -0.15) is 0 Å². The van der Waals surface area contributed by atoms with Crippen molar-refractivity contribution in [2.24, 2.45) is 0 Å². The minimum Gasteiger partial charge on any atom is -0.342 e. The molecule has 0 atom stereocenters. The summed E-state index contributed by atoms with van der Waals surface area (Å²) in [7, 11) is 0. The quantitative estimate of drug-likeness (QED) is 0.700. The van der Waals surface area contributed by atoms with Crippen LogP contribution in [0.1, 0.15) is 22.5 Å². The van der Waals surface area contributed by atoms with Crippen LogP contribution in [-0.4, -0.2) is 33.9 Å². The molecule has 0 N–H and O–H groups in total. The smallest absolute Gasteiger partial charge is 0.227 e. The molecule has 1 amide bonds. The van der Waals surface area contributed by atoms with Crippen molar-refractivity contribution in [3.05, 3.63) is 82.9 Å². The molecule has 0 saturated heterocycles. The molecule has 0 unspecified atom stereocenters. The van der Waals surface area contributed by atoms with Gasteiger partial charge in [0.25, 0.3) is 0 Å². The Bertz CT molecular complexity index is 987. The topological polar surface area (TPSA) is 46.1 Å². The highest BCUT2D eigenvalue weighted by atomic mass is 19.1. The number of carbonyl (C=O) groups excluding carboxylic acids is 1. The number of hydrogen-bond donors (Lipinski definition) is 0. The van der Waals surface area contributed by atoms with E-state index in [1.165, 1.54) is 12.1 Å². The second kappa shape index (κ2) is 7.89. The van der Waals surface area contributed by atoms with Gasteiger partial charge in [-0.15, -0.1) is 0 Å². The highest BCUT2D eigenvalue weighted by Gasteiger charge is 2.22. The number of aryl methyl sites for hydroxylation is 1. The van der Waals surface area contributed by atoms with Crippen LogP contribution in [0, 0.1) is 12.7 Å². The molecular formula is C23H22FN3O. The Balaban J connectivity index is 1.53. The SMILES string of the molecule is Cc1nc(-c2ccc(F)cc2)nc2c1CCN(C(=O)Cc1ccccc1)CC2. The summed E-state index contributed by atoms with van der Waals surface area (Å²) in [5, 5.41) is 0. The van der Waals surface area contributed by atoms with E-state index in [0.717, 1.165) is 34.5 Å². The molecule has 0 radical (unpaired) electrons. The largest absolute Gasteiger partial charge is 0.342 e. The third-order valence-electron chi connectivity index (χ3n) is 5.20. The van der Waals surface area contributed by atoms with E-state index in [0.29, 0.717) is 31.8 Å². The van der Waals surface area contributed by atoms with Gasteiger partial charge in [-0.05, 0) is 48.7 Å². The Morgan fingerprint density at radius 3 is 2.46 bits per heavy atom. The molecule has 5 heteroatoms. The lowest BCUT2D eigenvalue weighted by molar-refractivity contribution is -0.130. The van der Waals surface area contributed by atoms with E-state index < -0.39 is 0 Å². The maximum Gasteiger partial charge on any atom is 0.227 e. The van der Waals surface area contributed by atoms with E-state index in [4.69, 9.17) is 4.98 Å². The second-order valence-corrected chi connectivity index (χ2v) is 7.11. The summed E-state index contributed by atoms with van der Waals surface area (Å²) in [5.74, 6) is 0.478. The van der Waals surface area contributed by atoms with Gasteiger partial charge < -0.3 is 4.90 Å². The minimum absolute atomic E-state index is 0.142. The predicted molar refractivity (Wildman–Crippen MR) is 106 cm³/mol. The van der Waals surface area contributed by atoms with Gasteiger partial charge in [-0.1, -0.05) is 30.3 Å². The lowest BCUT2D eigenvalue weighted by atomic mass is 10.1. The molecule has 4 rings (SSSR count). The van der Waals surface area contributed by atoms with Gasteiger partial charge in [-0.3, -0.25) is 4.79 Å². The Morgan fingerprint density at radius 1 is 1.00 bits per heavy atom. The average Bonchev–Trinajstić information content (AvgIpc) is 2.92. The minimum atomic E-state index is -0.275. The van der Waals surface area contributed by atoms with Crippen molar-refractivity contribution >= 4 is 5.91 Å². The number of amides is 1. The van der Waals surface area contributed by atoms with Crippen LogP contribution in [0.5, 0.6) is 0 Å². The molecule has 2 aromatic carbocycles. The van der Waals surface area contributed by atoms with Crippen LogP contribution in [0.25, 0.3) is 11.4 Å². The fraction of sp³-hybridized carbons (Fsp3) is 0.261. The summed E-state index contributed by atoms with van der Waals surface area (Å²) < 4.78 is 13.2. The Hall–Kier alpha value is -3.08. The van der Waals surface area contributed by atoms with Crippen LogP contribution in [-0.2, 0) is 24.1 Å². The number of halogens is 1. The third kappa shape index (κ3) is 3.93. The fourth-order valence-corrected chi connectivity index (χ4v) is 3.65. The zero-order chi connectivity index (χ0) is 19.5. The number of benzene rings is 2. The number of fused-ring (bicyclic) bond motifs is 1. The maximum atomic E-state index is 13.2. The third-order valence-corrected chi connectivity index (χ3v) is 5.20. The number of carbonyl (C=O) groups is 1. The van der Waals surface area contributed by atoms with Crippen LogP contribution >= 0.6 is 0 Å². The van der Waals surface area contributed by atoms with Crippen molar-refractivity contribution < 1.29 is 9.18 Å². The zero-order valence-corrected chi connectivity index (χ0v) is 15.9. The lowest BCUT2D eigenvalue weighted by Crippen LogP contribution is -2.34. The number of rotatable bonds is 3. The molecule has 0 spiro atoms.